The molecule has 0 radical (unpaired) electrons. The van der Waals surface area contributed by atoms with Gasteiger partial charge in [-0.3, -0.25) is 4.79 Å². The van der Waals surface area contributed by atoms with Gasteiger partial charge in [0.25, 0.3) is 0 Å². The Morgan fingerprint density at radius 3 is 2.26 bits per heavy atom. The third-order valence-corrected chi connectivity index (χ3v) is 6.76. The molecule has 1 amide bonds. The van der Waals surface area contributed by atoms with Crippen LogP contribution in [0.1, 0.15) is 11.1 Å². The Kier molecular flexibility index (Phi) is 6.46. The lowest BCUT2D eigenvalue weighted by Gasteiger charge is -2.34. The van der Waals surface area contributed by atoms with E-state index in [0.717, 1.165) is 12.1 Å². The number of nitrogens with zero attached hydrogens (tertiary/aromatic N) is 2. The van der Waals surface area contributed by atoms with Crippen LogP contribution >= 0.6 is 0 Å². The van der Waals surface area contributed by atoms with Crippen molar-refractivity contribution in [3.05, 3.63) is 53.6 Å². The number of rotatable bonds is 5. The van der Waals surface area contributed by atoms with E-state index in [1.807, 2.05) is 0 Å². The van der Waals surface area contributed by atoms with E-state index < -0.39 is 16.4 Å². The lowest BCUT2D eigenvalue weighted by molar-refractivity contribution is -0.274. The number of hydrogen-bond acceptors (Lipinski definition) is 5. The first-order chi connectivity index (χ1) is 14.5. The summed E-state index contributed by atoms with van der Waals surface area (Å²) in [4.78, 5) is 13.8. The minimum absolute atomic E-state index is 0.0300. The summed E-state index contributed by atoms with van der Waals surface area (Å²) in [6.07, 6.45) is -4.82. The zero-order valence-electron chi connectivity index (χ0n) is 16.6. The van der Waals surface area contributed by atoms with Crippen molar-refractivity contribution in [2.45, 2.75) is 24.6 Å². The molecule has 0 bridgehead atoms. The quantitative estimate of drug-likeness (QED) is 0.745. The van der Waals surface area contributed by atoms with Crippen LogP contribution in [0.4, 0.5) is 13.2 Å². The first-order valence-corrected chi connectivity index (χ1v) is 10.8. The van der Waals surface area contributed by atoms with Crippen molar-refractivity contribution < 1.29 is 36.2 Å². The largest absolute Gasteiger partial charge is 0.573 e. The Morgan fingerprint density at radius 2 is 1.68 bits per heavy atom. The van der Waals surface area contributed by atoms with Crippen LogP contribution in [-0.2, 0) is 21.2 Å². The van der Waals surface area contributed by atoms with Gasteiger partial charge in [-0.1, -0.05) is 18.2 Å². The molecule has 1 aliphatic rings. The van der Waals surface area contributed by atoms with Gasteiger partial charge < -0.3 is 14.7 Å². The maximum Gasteiger partial charge on any atom is 0.573 e. The fourth-order valence-electron chi connectivity index (χ4n) is 3.24. The van der Waals surface area contributed by atoms with Crippen molar-refractivity contribution >= 4 is 15.9 Å². The number of halogens is 3. The van der Waals surface area contributed by atoms with Crippen LogP contribution in [0, 0.1) is 6.92 Å². The van der Waals surface area contributed by atoms with Crippen molar-refractivity contribution in [2.75, 3.05) is 26.2 Å². The number of carbonyl (C=O) groups is 1. The molecular formula is C20H21F3N2O5S. The minimum atomic E-state index is -4.79. The van der Waals surface area contributed by atoms with E-state index in [1.54, 1.807) is 13.0 Å². The number of ether oxygens (including phenoxy) is 1. The zero-order chi connectivity index (χ0) is 22.8. The van der Waals surface area contributed by atoms with Gasteiger partial charge in [0, 0.05) is 26.2 Å². The molecule has 0 aromatic heterocycles. The number of hydrogen-bond donors (Lipinski definition) is 1. The van der Waals surface area contributed by atoms with Crippen LogP contribution in [0.2, 0.25) is 0 Å². The van der Waals surface area contributed by atoms with Crippen molar-refractivity contribution in [3.8, 4) is 11.5 Å². The molecule has 2 aromatic carbocycles. The molecule has 0 saturated carbocycles. The Balaban J connectivity index is 1.59. The van der Waals surface area contributed by atoms with E-state index >= 15 is 0 Å². The van der Waals surface area contributed by atoms with Gasteiger partial charge in [0.05, 0.1) is 6.42 Å². The molecule has 1 aliphatic heterocycles. The third-order valence-electron chi connectivity index (χ3n) is 4.84. The van der Waals surface area contributed by atoms with Gasteiger partial charge in [0.1, 0.15) is 16.4 Å². The second kappa shape index (κ2) is 8.75. The van der Waals surface area contributed by atoms with E-state index in [1.165, 1.54) is 33.5 Å². The first kappa shape index (κ1) is 22.9. The van der Waals surface area contributed by atoms with Gasteiger partial charge in [0.15, 0.2) is 0 Å². The highest BCUT2D eigenvalue weighted by atomic mass is 32.2. The van der Waals surface area contributed by atoms with Gasteiger partial charge in [-0.25, -0.2) is 8.42 Å². The maximum atomic E-state index is 12.8. The number of phenols is 1. The highest BCUT2D eigenvalue weighted by Crippen LogP contribution is 2.27. The molecule has 0 spiro atoms. The predicted octanol–water partition coefficient (Wildman–Crippen LogP) is 2.67. The fourth-order valence-corrected chi connectivity index (χ4v) is 4.83. The monoisotopic (exact) mass is 458 g/mol. The molecule has 31 heavy (non-hydrogen) atoms. The Bertz CT molecular complexity index is 1050. The molecule has 3 rings (SSSR count). The molecule has 11 heteroatoms. The molecule has 0 unspecified atom stereocenters. The Hall–Kier alpha value is -2.79. The average Bonchev–Trinajstić information content (AvgIpc) is 2.70. The number of aromatic hydroxyl groups is 1. The molecule has 7 nitrogen and oxygen atoms in total. The highest BCUT2D eigenvalue weighted by molar-refractivity contribution is 7.89. The SMILES string of the molecule is Cc1ccc(O)c(S(=O)(=O)N2CCN(C(=O)Cc3ccc(OC(F)(F)F)cc3)CC2)c1. The topological polar surface area (TPSA) is 87.2 Å². The smallest absolute Gasteiger partial charge is 0.507 e. The number of benzene rings is 2. The van der Waals surface area contributed by atoms with Crippen molar-refractivity contribution in [1.29, 1.82) is 0 Å². The number of amides is 1. The van der Waals surface area contributed by atoms with Crippen molar-refractivity contribution in [3.63, 3.8) is 0 Å². The molecule has 0 atom stereocenters. The third kappa shape index (κ3) is 5.67. The summed E-state index contributed by atoms with van der Waals surface area (Å²) in [6, 6.07) is 9.35. The molecule has 0 aliphatic carbocycles. The number of sulfonamides is 1. The summed E-state index contributed by atoms with van der Waals surface area (Å²) in [5.41, 5.74) is 1.20. The van der Waals surface area contributed by atoms with Gasteiger partial charge >= 0.3 is 6.36 Å². The molecule has 1 saturated heterocycles. The number of phenolic OH excluding ortho intramolecular Hbond substituents is 1. The number of carbonyl (C=O) groups excluding carboxylic acids is 1. The van der Waals surface area contributed by atoms with Gasteiger partial charge in [0.2, 0.25) is 15.9 Å². The summed E-state index contributed by atoms with van der Waals surface area (Å²) in [5, 5.41) is 9.95. The number of aryl methyl sites for hydroxylation is 1. The van der Waals surface area contributed by atoms with Crippen LogP contribution in [0.15, 0.2) is 47.4 Å². The van der Waals surface area contributed by atoms with E-state index in [2.05, 4.69) is 4.74 Å². The van der Waals surface area contributed by atoms with Crippen molar-refractivity contribution in [2.24, 2.45) is 0 Å². The zero-order valence-corrected chi connectivity index (χ0v) is 17.4. The average molecular weight is 458 g/mol. The van der Waals surface area contributed by atoms with Crippen LogP contribution in [0.25, 0.3) is 0 Å². The summed E-state index contributed by atoms with van der Waals surface area (Å²) in [7, 11) is -3.90. The van der Waals surface area contributed by atoms with Gasteiger partial charge in [-0.05, 0) is 42.3 Å². The van der Waals surface area contributed by atoms with E-state index in [9.17, 15) is 31.5 Å². The predicted molar refractivity (Wildman–Crippen MR) is 105 cm³/mol. The molecular weight excluding hydrogens is 437 g/mol. The van der Waals surface area contributed by atoms with Crippen LogP contribution in [-0.4, -0.2) is 61.2 Å². The van der Waals surface area contributed by atoms with E-state index in [4.69, 9.17) is 0 Å². The lowest BCUT2D eigenvalue weighted by Crippen LogP contribution is -2.50. The molecule has 1 N–H and O–H groups in total. The second-order valence-corrected chi connectivity index (χ2v) is 9.03. The van der Waals surface area contributed by atoms with Crippen LogP contribution in [0.5, 0.6) is 11.5 Å². The van der Waals surface area contributed by atoms with Crippen LogP contribution in [0.3, 0.4) is 0 Å². The number of piperazine rings is 1. The first-order valence-electron chi connectivity index (χ1n) is 9.38. The van der Waals surface area contributed by atoms with E-state index in [-0.39, 0.29) is 54.9 Å². The number of alkyl halides is 3. The molecule has 168 valence electrons. The normalized spacial score (nSPS) is 15.7. The van der Waals surface area contributed by atoms with Gasteiger partial charge in [-0.15, -0.1) is 13.2 Å². The van der Waals surface area contributed by atoms with Crippen molar-refractivity contribution in [1.82, 2.24) is 9.21 Å². The summed E-state index contributed by atoms with van der Waals surface area (Å²) in [5.74, 6) is -0.969. The second-order valence-electron chi connectivity index (χ2n) is 7.12. The lowest BCUT2D eigenvalue weighted by atomic mass is 10.1. The minimum Gasteiger partial charge on any atom is -0.507 e. The van der Waals surface area contributed by atoms with E-state index in [0.29, 0.717) is 11.1 Å². The standard InChI is InChI=1S/C20H21F3N2O5S/c1-14-2-7-17(26)18(12-14)31(28,29)25-10-8-24(9-11-25)19(27)13-15-3-5-16(6-4-15)30-20(21,22)23/h2-7,12,26H,8-11,13H2,1H3. The summed E-state index contributed by atoms with van der Waals surface area (Å²) in [6.45, 7) is 2.19. The molecule has 1 heterocycles. The van der Waals surface area contributed by atoms with Crippen LogP contribution < -0.4 is 4.74 Å². The molecule has 1 fully saturated rings. The fraction of sp³-hybridized carbons (Fsp3) is 0.350. The van der Waals surface area contributed by atoms with Gasteiger partial charge in [-0.2, -0.15) is 4.31 Å². The Labute approximate surface area is 177 Å². The summed E-state index contributed by atoms with van der Waals surface area (Å²) >= 11 is 0. The summed E-state index contributed by atoms with van der Waals surface area (Å²) < 4.78 is 67.3. The highest BCUT2D eigenvalue weighted by Gasteiger charge is 2.32. The Morgan fingerprint density at radius 1 is 1.06 bits per heavy atom. The molecule has 2 aromatic rings. The maximum absolute atomic E-state index is 12.8.